The standard InChI is InChI=1S/C15H11Cl4NO4S/c1-24-15(21)8-20(13-6-9(16)2-4-11(13)18)25(22,23)14-7-10(17)3-5-12(14)19/h2-7H,8H2,1H3. The van der Waals surface area contributed by atoms with E-state index in [9.17, 15) is 13.2 Å². The summed E-state index contributed by atoms with van der Waals surface area (Å²) in [4.78, 5) is 11.5. The molecule has 0 radical (unpaired) electrons. The number of anilines is 1. The molecule has 2 aromatic rings. The summed E-state index contributed by atoms with van der Waals surface area (Å²) in [6.07, 6.45) is 0. The molecule has 0 unspecified atom stereocenters. The number of rotatable bonds is 5. The van der Waals surface area contributed by atoms with Crippen molar-refractivity contribution >= 4 is 68.1 Å². The van der Waals surface area contributed by atoms with Crippen molar-refractivity contribution in [3.8, 4) is 0 Å². The molecule has 134 valence electrons. The molecule has 0 aliphatic carbocycles. The molecular formula is C15H11Cl4NO4S. The van der Waals surface area contributed by atoms with E-state index >= 15 is 0 Å². The zero-order chi connectivity index (χ0) is 18.8. The highest BCUT2D eigenvalue weighted by Gasteiger charge is 2.31. The van der Waals surface area contributed by atoms with Crippen LogP contribution in [-0.2, 0) is 19.6 Å². The highest BCUT2D eigenvalue weighted by atomic mass is 35.5. The summed E-state index contributed by atoms with van der Waals surface area (Å²) in [6.45, 7) is -0.623. The normalized spacial score (nSPS) is 11.2. The number of sulfonamides is 1. The van der Waals surface area contributed by atoms with Crippen LogP contribution in [0, 0.1) is 0 Å². The topological polar surface area (TPSA) is 63.7 Å². The molecule has 0 aliphatic rings. The van der Waals surface area contributed by atoms with Gasteiger partial charge in [-0.05, 0) is 36.4 Å². The van der Waals surface area contributed by atoms with Crippen LogP contribution >= 0.6 is 46.4 Å². The maximum absolute atomic E-state index is 13.1. The Morgan fingerprint density at radius 1 is 1.00 bits per heavy atom. The van der Waals surface area contributed by atoms with Crippen molar-refractivity contribution in [1.29, 1.82) is 0 Å². The smallest absolute Gasteiger partial charge is 0.326 e. The summed E-state index contributed by atoms with van der Waals surface area (Å²) in [6, 6.07) is 8.19. The van der Waals surface area contributed by atoms with Gasteiger partial charge in [-0.15, -0.1) is 0 Å². The third-order valence-corrected chi connectivity index (χ3v) is 6.17. The maximum atomic E-state index is 13.1. The van der Waals surface area contributed by atoms with Gasteiger partial charge in [-0.2, -0.15) is 0 Å². The van der Waals surface area contributed by atoms with Crippen LogP contribution in [0.4, 0.5) is 5.69 Å². The summed E-state index contributed by atoms with van der Waals surface area (Å²) in [5.41, 5.74) is 0.00982. The van der Waals surface area contributed by atoms with Gasteiger partial charge in [0.15, 0.2) is 0 Å². The molecule has 0 saturated heterocycles. The minimum absolute atomic E-state index is 0.00982. The first-order valence-corrected chi connectivity index (χ1v) is 9.61. The Bertz CT molecular complexity index is 918. The first kappa shape index (κ1) is 20.1. The fraction of sp³-hybridized carbons (Fsp3) is 0.133. The van der Waals surface area contributed by atoms with Gasteiger partial charge in [0.2, 0.25) is 0 Å². The SMILES string of the molecule is COC(=O)CN(c1cc(Cl)ccc1Cl)S(=O)(=O)c1cc(Cl)ccc1Cl. The third kappa shape index (κ3) is 4.51. The monoisotopic (exact) mass is 441 g/mol. The fourth-order valence-corrected chi connectivity index (χ4v) is 4.55. The molecule has 0 heterocycles. The van der Waals surface area contributed by atoms with E-state index < -0.39 is 22.5 Å². The van der Waals surface area contributed by atoms with Crippen LogP contribution in [-0.4, -0.2) is 28.0 Å². The zero-order valence-corrected chi connectivity index (χ0v) is 16.5. The minimum Gasteiger partial charge on any atom is -0.468 e. The molecule has 0 N–H and O–H groups in total. The number of ether oxygens (including phenoxy) is 1. The van der Waals surface area contributed by atoms with Gasteiger partial charge in [0.25, 0.3) is 10.0 Å². The highest BCUT2D eigenvalue weighted by molar-refractivity contribution is 7.93. The second-order valence-electron chi connectivity index (χ2n) is 4.76. The molecule has 10 heteroatoms. The number of hydrogen-bond donors (Lipinski definition) is 0. The summed E-state index contributed by atoms with van der Waals surface area (Å²) in [5.74, 6) is -0.794. The first-order chi connectivity index (χ1) is 11.7. The summed E-state index contributed by atoms with van der Waals surface area (Å²) < 4.78 is 31.5. The van der Waals surface area contributed by atoms with Gasteiger partial charge >= 0.3 is 5.97 Å². The largest absolute Gasteiger partial charge is 0.468 e. The van der Waals surface area contributed by atoms with Crippen LogP contribution in [0.1, 0.15) is 0 Å². The zero-order valence-electron chi connectivity index (χ0n) is 12.7. The molecule has 0 amide bonds. The van der Waals surface area contributed by atoms with Gasteiger partial charge in [0.1, 0.15) is 11.4 Å². The van der Waals surface area contributed by atoms with E-state index in [4.69, 9.17) is 46.4 Å². The summed E-state index contributed by atoms with van der Waals surface area (Å²) in [5, 5.41) is 0.423. The summed E-state index contributed by atoms with van der Waals surface area (Å²) >= 11 is 23.9. The number of halogens is 4. The van der Waals surface area contributed by atoms with Crippen molar-refractivity contribution in [2.45, 2.75) is 4.90 Å². The Kier molecular flexibility index (Phi) is 6.45. The number of carbonyl (C=O) groups is 1. The lowest BCUT2D eigenvalue weighted by molar-refractivity contribution is -0.138. The lowest BCUT2D eigenvalue weighted by Crippen LogP contribution is -2.36. The Labute approximate surface area is 165 Å². The lowest BCUT2D eigenvalue weighted by atomic mass is 10.3. The molecule has 0 aliphatic heterocycles. The van der Waals surface area contributed by atoms with E-state index in [0.29, 0.717) is 0 Å². The molecule has 0 aromatic heterocycles. The van der Waals surface area contributed by atoms with Crippen molar-refractivity contribution in [2.24, 2.45) is 0 Å². The van der Waals surface area contributed by atoms with Crippen molar-refractivity contribution < 1.29 is 17.9 Å². The second-order valence-corrected chi connectivity index (χ2v) is 8.28. The molecule has 0 atom stereocenters. The third-order valence-electron chi connectivity index (χ3n) is 3.14. The molecule has 0 bridgehead atoms. The van der Waals surface area contributed by atoms with Crippen LogP contribution in [0.25, 0.3) is 0 Å². The van der Waals surface area contributed by atoms with E-state index in [2.05, 4.69) is 4.74 Å². The lowest BCUT2D eigenvalue weighted by Gasteiger charge is -2.25. The fourth-order valence-electron chi connectivity index (χ4n) is 1.95. The number of carbonyl (C=O) groups excluding carboxylic acids is 1. The van der Waals surface area contributed by atoms with Crippen LogP contribution in [0.5, 0.6) is 0 Å². The van der Waals surface area contributed by atoms with E-state index in [1.807, 2.05) is 0 Å². The number of hydrogen-bond acceptors (Lipinski definition) is 4. The van der Waals surface area contributed by atoms with Crippen molar-refractivity contribution in [3.05, 3.63) is 56.5 Å². The van der Waals surface area contributed by atoms with E-state index in [1.54, 1.807) is 0 Å². The molecule has 0 spiro atoms. The predicted molar refractivity (Wildman–Crippen MR) is 99.5 cm³/mol. The molecule has 2 rings (SSSR count). The predicted octanol–water partition coefficient (Wildman–Crippen LogP) is 4.67. The Hall–Kier alpha value is -1.18. The number of nitrogens with zero attached hydrogens (tertiary/aromatic N) is 1. The minimum atomic E-state index is -4.28. The first-order valence-electron chi connectivity index (χ1n) is 6.66. The maximum Gasteiger partial charge on any atom is 0.326 e. The average Bonchev–Trinajstić information content (AvgIpc) is 2.56. The van der Waals surface area contributed by atoms with Crippen LogP contribution in [0.15, 0.2) is 41.3 Å². The molecule has 2 aromatic carbocycles. The number of esters is 1. The van der Waals surface area contributed by atoms with Crippen LogP contribution in [0.2, 0.25) is 20.1 Å². The number of methoxy groups -OCH3 is 1. The quantitative estimate of drug-likeness (QED) is 0.631. The molecular weight excluding hydrogens is 432 g/mol. The number of benzene rings is 2. The van der Waals surface area contributed by atoms with E-state index in [1.165, 1.54) is 36.4 Å². The Morgan fingerprint density at radius 2 is 1.56 bits per heavy atom. The van der Waals surface area contributed by atoms with Gasteiger partial charge in [0, 0.05) is 10.0 Å². The Balaban J connectivity index is 2.68. The van der Waals surface area contributed by atoms with Crippen molar-refractivity contribution in [2.75, 3.05) is 18.0 Å². The molecule has 25 heavy (non-hydrogen) atoms. The van der Waals surface area contributed by atoms with Crippen molar-refractivity contribution in [1.82, 2.24) is 0 Å². The molecule has 0 saturated carbocycles. The van der Waals surface area contributed by atoms with Crippen LogP contribution in [0.3, 0.4) is 0 Å². The van der Waals surface area contributed by atoms with E-state index in [0.717, 1.165) is 11.4 Å². The van der Waals surface area contributed by atoms with E-state index in [-0.39, 0.29) is 30.7 Å². The van der Waals surface area contributed by atoms with Crippen molar-refractivity contribution in [3.63, 3.8) is 0 Å². The van der Waals surface area contributed by atoms with Gasteiger partial charge in [-0.25, -0.2) is 8.42 Å². The van der Waals surface area contributed by atoms with Crippen LogP contribution < -0.4 is 4.31 Å². The van der Waals surface area contributed by atoms with Gasteiger partial charge < -0.3 is 4.74 Å². The summed E-state index contributed by atoms with van der Waals surface area (Å²) in [7, 11) is -3.14. The molecule has 5 nitrogen and oxygen atoms in total. The highest BCUT2D eigenvalue weighted by Crippen LogP contribution is 2.35. The molecule has 0 fully saturated rings. The van der Waals surface area contributed by atoms with Gasteiger partial charge in [0.05, 0.1) is 22.8 Å². The Morgan fingerprint density at radius 3 is 2.16 bits per heavy atom. The second kappa shape index (κ2) is 8.01. The van der Waals surface area contributed by atoms with Gasteiger partial charge in [-0.1, -0.05) is 46.4 Å². The average molecular weight is 443 g/mol. The van der Waals surface area contributed by atoms with Gasteiger partial charge in [-0.3, -0.25) is 9.10 Å².